The predicted molar refractivity (Wildman–Crippen MR) is 66.5 cm³/mol. The highest BCUT2D eigenvalue weighted by Gasteiger charge is 2.06. The Labute approximate surface area is 96.3 Å². The van der Waals surface area contributed by atoms with Crippen molar-refractivity contribution < 1.29 is 0 Å². The average molecular weight is 214 g/mol. The van der Waals surface area contributed by atoms with Gasteiger partial charge in [-0.15, -0.1) is 0 Å². The van der Waals surface area contributed by atoms with Crippen LogP contribution < -0.4 is 10.9 Å². The molecular weight excluding hydrogens is 203 g/mol. The molecule has 1 N–H and O–H groups in total. The molecule has 2 nitrogen and oxygen atoms in total. The molecule has 0 aliphatic carbocycles. The third-order valence-electron chi connectivity index (χ3n) is 2.12. The van der Waals surface area contributed by atoms with Crippen LogP contribution in [0.4, 0.5) is 0 Å². The maximum Gasteiger partial charge on any atom is 0.141 e. The highest BCUT2D eigenvalue weighted by molar-refractivity contribution is 7.81. The number of pyridine rings is 1. The number of rotatable bonds is 2. The van der Waals surface area contributed by atoms with Crippen LogP contribution in [0.5, 0.6) is 0 Å². The fourth-order valence-corrected chi connectivity index (χ4v) is 1.73. The maximum absolute atomic E-state index is 5.61. The number of dihydropyridines is 1. The molecule has 0 fully saturated rings. The van der Waals surface area contributed by atoms with Crippen LogP contribution in [0.2, 0.25) is 0 Å². The molecule has 4 heteroatoms. The third-order valence-corrected chi connectivity index (χ3v) is 2.43. The first-order valence-corrected chi connectivity index (χ1v) is 5.29. The van der Waals surface area contributed by atoms with Gasteiger partial charge in [0.05, 0.1) is 5.37 Å². The summed E-state index contributed by atoms with van der Waals surface area (Å²) in [4.78, 5) is 4.24. The second kappa shape index (κ2) is 4.58. The number of hydrogen-bond donors (Lipinski definition) is 2. The lowest BCUT2D eigenvalue weighted by molar-refractivity contribution is 0.803. The highest BCUT2D eigenvalue weighted by Crippen LogP contribution is 2.09. The molecule has 0 amide bonds. The van der Waals surface area contributed by atoms with Gasteiger partial charge in [0.1, 0.15) is 7.85 Å². The summed E-state index contributed by atoms with van der Waals surface area (Å²) in [6.45, 7) is 0. The number of hydrogen-bond acceptors (Lipinski definition) is 3. The monoisotopic (exact) mass is 214 g/mol. The Bertz CT molecular complexity index is 415. The third kappa shape index (κ3) is 2.89. The average Bonchev–Trinajstić information content (AvgIpc) is 2.17. The zero-order valence-electron chi connectivity index (χ0n) is 8.22. The highest BCUT2D eigenvalue weighted by atomic mass is 32.1. The van der Waals surface area contributed by atoms with Gasteiger partial charge in [-0.05, 0) is 17.7 Å². The van der Waals surface area contributed by atoms with E-state index in [1.165, 1.54) is 0 Å². The quantitative estimate of drug-likeness (QED) is 0.560. The Hall–Kier alpha value is -1.16. The summed E-state index contributed by atoms with van der Waals surface area (Å²) in [5.41, 5.74) is 2.63. The van der Waals surface area contributed by atoms with Crippen LogP contribution >= 0.6 is 12.6 Å². The second-order valence-electron chi connectivity index (χ2n) is 3.40. The van der Waals surface area contributed by atoms with Crippen LogP contribution in [0, 0.1) is 0 Å². The summed E-state index contributed by atoms with van der Waals surface area (Å²) in [7, 11) is 5.61. The predicted octanol–water partition coefficient (Wildman–Crippen LogP) is 0.717. The SMILES string of the molecule is [B]c1cccc(CC2=CC=CC(S)N2)n1. The minimum Gasteiger partial charge on any atom is -0.373 e. The summed E-state index contributed by atoms with van der Waals surface area (Å²) >= 11 is 4.32. The molecule has 1 aliphatic rings. The molecule has 1 atom stereocenters. The Morgan fingerprint density at radius 1 is 1.47 bits per heavy atom. The Morgan fingerprint density at radius 2 is 2.33 bits per heavy atom. The Balaban J connectivity index is 2.09. The van der Waals surface area contributed by atoms with E-state index in [0.717, 1.165) is 17.8 Å². The van der Waals surface area contributed by atoms with Crippen LogP contribution in [-0.2, 0) is 6.42 Å². The van der Waals surface area contributed by atoms with E-state index in [1.807, 2.05) is 30.4 Å². The first-order valence-electron chi connectivity index (χ1n) is 4.77. The van der Waals surface area contributed by atoms with E-state index in [1.54, 1.807) is 6.07 Å². The van der Waals surface area contributed by atoms with E-state index in [0.29, 0.717) is 5.59 Å². The lowest BCUT2D eigenvalue weighted by atomic mass is 10.0. The fraction of sp³-hybridized carbons (Fsp3) is 0.182. The molecule has 1 aliphatic heterocycles. The van der Waals surface area contributed by atoms with E-state index in [2.05, 4.69) is 22.9 Å². The standard InChI is InChI=1S/C11H11BN2S/c12-10-5-1-3-8(13-10)7-9-4-2-6-11(15)14-9/h1-6,11,14-15H,7H2. The van der Waals surface area contributed by atoms with E-state index in [9.17, 15) is 0 Å². The molecule has 74 valence electrons. The second-order valence-corrected chi connectivity index (χ2v) is 3.95. The molecule has 0 saturated heterocycles. The summed E-state index contributed by atoms with van der Waals surface area (Å²) in [5, 5.41) is 3.33. The van der Waals surface area contributed by atoms with Gasteiger partial charge < -0.3 is 5.32 Å². The van der Waals surface area contributed by atoms with Gasteiger partial charge >= 0.3 is 0 Å². The van der Waals surface area contributed by atoms with Gasteiger partial charge in [0, 0.05) is 17.8 Å². The first-order chi connectivity index (χ1) is 7.24. The molecule has 0 bridgehead atoms. The van der Waals surface area contributed by atoms with Crippen LogP contribution in [0.3, 0.4) is 0 Å². The molecule has 2 rings (SSSR count). The van der Waals surface area contributed by atoms with Crippen molar-refractivity contribution in [3.8, 4) is 0 Å². The topological polar surface area (TPSA) is 24.9 Å². The molecule has 1 aromatic rings. The number of nitrogens with one attached hydrogen (secondary N) is 1. The number of allylic oxidation sites excluding steroid dienone is 3. The smallest absolute Gasteiger partial charge is 0.141 e. The van der Waals surface area contributed by atoms with Crippen molar-refractivity contribution in [2.75, 3.05) is 0 Å². The van der Waals surface area contributed by atoms with Gasteiger partial charge in [0.2, 0.25) is 0 Å². The zero-order valence-corrected chi connectivity index (χ0v) is 9.11. The van der Waals surface area contributed by atoms with E-state index in [-0.39, 0.29) is 5.37 Å². The number of nitrogens with zero attached hydrogens (tertiary/aromatic N) is 1. The van der Waals surface area contributed by atoms with E-state index in [4.69, 9.17) is 7.85 Å². The van der Waals surface area contributed by atoms with E-state index >= 15 is 0 Å². The van der Waals surface area contributed by atoms with Crippen LogP contribution in [0.15, 0.2) is 42.1 Å². The van der Waals surface area contributed by atoms with Crippen LogP contribution in [0.25, 0.3) is 0 Å². The van der Waals surface area contributed by atoms with Crippen molar-refractivity contribution >= 4 is 26.1 Å². The number of thiol groups is 1. The molecule has 1 unspecified atom stereocenters. The molecule has 2 heterocycles. The van der Waals surface area contributed by atoms with Crippen molar-refractivity contribution in [3.05, 3.63) is 47.8 Å². The number of aromatic nitrogens is 1. The molecule has 2 radical (unpaired) electrons. The fourth-order valence-electron chi connectivity index (χ4n) is 1.46. The van der Waals surface area contributed by atoms with E-state index < -0.39 is 0 Å². The molecule has 0 aromatic carbocycles. The molecule has 15 heavy (non-hydrogen) atoms. The maximum atomic E-state index is 5.61. The van der Waals surface area contributed by atoms with Crippen LogP contribution in [0.1, 0.15) is 5.69 Å². The van der Waals surface area contributed by atoms with Crippen molar-refractivity contribution in [2.24, 2.45) is 0 Å². The molecule has 0 spiro atoms. The lowest BCUT2D eigenvalue weighted by Crippen LogP contribution is -2.25. The van der Waals surface area contributed by atoms with Crippen molar-refractivity contribution in [2.45, 2.75) is 11.8 Å². The zero-order chi connectivity index (χ0) is 10.7. The van der Waals surface area contributed by atoms with Gasteiger partial charge in [0.15, 0.2) is 0 Å². The molecule has 1 aromatic heterocycles. The minimum atomic E-state index is 0.0889. The van der Waals surface area contributed by atoms with Gasteiger partial charge in [-0.3, -0.25) is 4.98 Å². The summed E-state index contributed by atoms with van der Waals surface area (Å²) < 4.78 is 0. The minimum absolute atomic E-state index is 0.0889. The van der Waals surface area contributed by atoms with Gasteiger partial charge in [-0.1, -0.05) is 24.3 Å². The summed E-state index contributed by atoms with van der Waals surface area (Å²) in [5.74, 6) is 0. The molecular formula is C11H11BN2S. The van der Waals surface area contributed by atoms with Crippen LogP contribution in [-0.4, -0.2) is 18.2 Å². The van der Waals surface area contributed by atoms with Gasteiger partial charge in [0.25, 0.3) is 0 Å². The summed E-state index contributed by atoms with van der Waals surface area (Å²) in [6.07, 6.45) is 6.76. The van der Waals surface area contributed by atoms with Gasteiger partial charge in [-0.2, -0.15) is 12.6 Å². The normalized spacial score (nSPS) is 19.5. The molecule has 0 saturated carbocycles. The van der Waals surface area contributed by atoms with Crippen molar-refractivity contribution in [1.29, 1.82) is 0 Å². The Morgan fingerprint density at radius 3 is 3.07 bits per heavy atom. The Kier molecular flexibility index (Phi) is 3.16. The first kappa shape index (κ1) is 10.4. The van der Waals surface area contributed by atoms with Gasteiger partial charge in [-0.25, -0.2) is 0 Å². The van der Waals surface area contributed by atoms with Crippen molar-refractivity contribution in [3.63, 3.8) is 0 Å². The lowest BCUT2D eigenvalue weighted by Gasteiger charge is -2.17. The van der Waals surface area contributed by atoms with Crippen molar-refractivity contribution in [1.82, 2.24) is 10.3 Å². The largest absolute Gasteiger partial charge is 0.373 e. The summed E-state index contributed by atoms with van der Waals surface area (Å²) in [6, 6.07) is 5.66.